The van der Waals surface area contributed by atoms with E-state index in [0.29, 0.717) is 6.04 Å². The molecule has 2 atom stereocenters. The van der Waals surface area contributed by atoms with E-state index >= 15 is 0 Å². The molecule has 0 radical (unpaired) electrons. The Morgan fingerprint density at radius 3 is 2.65 bits per heavy atom. The number of aromatic nitrogens is 3. The summed E-state index contributed by atoms with van der Waals surface area (Å²) in [5, 5.41) is 6.96. The molecule has 4 rings (SSSR count). The van der Waals surface area contributed by atoms with Crippen LogP contribution in [0.1, 0.15) is 32.7 Å². The third-order valence-electron chi connectivity index (χ3n) is 4.35. The van der Waals surface area contributed by atoms with Crippen molar-refractivity contribution < 1.29 is 4.74 Å². The predicted octanol–water partition coefficient (Wildman–Crippen LogP) is 3.54. The van der Waals surface area contributed by atoms with Gasteiger partial charge in [-0.1, -0.05) is 6.07 Å². The van der Waals surface area contributed by atoms with Crippen LogP contribution in [0.4, 0.5) is 0 Å². The van der Waals surface area contributed by atoms with Gasteiger partial charge in [0.1, 0.15) is 0 Å². The van der Waals surface area contributed by atoms with Gasteiger partial charge in [0.15, 0.2) is 10.6 Å². The van der Waals surface area contributed by atoms with Crippen LogP contribution in [0, 0.1) is 4.77 Å². The van der Waals surface area contributed by atoms with Crippen LogP contribution in [0.2, 0.25) is 0 Å². The van der Waals surface area contributed by atoms with E-state index in [-0.39, 0.29) is 12.2 Å². The summed E-state index contributed by atoms with van der Waals surface area (Å²) in [5.41, 5.74) is 0. The minimum atomic E-state index is 0.259. The van der Waals surface area contributed by atoms with E-state index in [1.54, 1.807) is 11.3 Å². The molecule has 0 amide bonds. The summed E-state index contributed by atoms with van der Waals surface area (Å²) in [5.74, 6) is 1.03. The largest absolute Gasteiger partial charge is 0.373 e. The van der Waals surface area contributed by atoms with Gasteiger partial charge in [-0.15, -0.1) is 16.4 Å². The Labute approximate surface area is 145 Å². The van der Waals surface area contributed by atoms with E-state index in [9.17, 15) is 0 Å². The third kappa shape index (κ3) is 3.15. The molecule has 0 unspecified atom stereocenters. The molecule has 2 aliphatic rings. The van der Waals surface area contributed by atoms with Crippen molar-refractivity contribution in [1.82, 2.24) is 19.2 Å². The average molecular weight is 351 g/mol. The van der Waals surface area contributed by atoms with E-state index in [0.717, 1.165) is 30.4 Å². The number of hydrogen-bond acceptors (Lipinski definition) is 5. The van der Waals surface area contributed by atoms with Gasteiger partial charge in [-0.2, -0.15) is 0 Å². The van der Waals surface area contributed by atoms with Crippen molar-refractivity contribution in [1.29, 1.82) is 0 Å². The molecule has 0 aromatic carbocycles. The Morgan fingerprint density at radius 1 is 1.30 bits per heavy atom. The second-order valence-electron chi connectivity index (χ2n) is 6.62. The number of rotatable bonds is 4. The van der Waals surface area contributed by atoms with Gasteiger partial charge in [-0.25, -0.2) is 4.68 Å². The molecule has 3 heterocycles. The normalized spacial score (nSPS) is 25.8. The van der Waals surface area contributed by atoms with Crippen molar-refractivity contribution in [3.63, 3.8) is 0 Å². The van der Waals surface area contributed by atoms with Crippen LogP contribution in [0.25, 0.3) is 10.7 Å². The molecule has 7 heteroatoms. The lowest BCUT2D eigenvalue weighted by molar-refractivity contribution is -0.0777. The smallest absolute Gasteiger partial charge is 0.199 e. The highest BCUT2D eigenvalue weighted by Crippen LogP contribution is 2.39. The molecule has 1 aliphatic heterocycles. The summed E-state index contributed by atoms with van der Waals surface area (Å²) in [7, 11) is 0. The molecule has 1 aliphatic carbocycles. The Kier molecular flexibility index (Phi) is 4.13. The SMILES string of the molecule is C[C@@H]1CN(Cn2nc(-c3cccs3)n(C3CC3)c2=S)C[C@H](C)O1. The van der Waals surface area contributed by atoms with Gasteiger partial charge in [0, 0.05) is 19.1 Å². The zero-order valence-electron chi connectivity index (χ0n) is 13.5. The van der Waals surface area contributed by atoms with E-state index in [1.807, 2.05) is 4.68 Å². The van der Waals surface area contributed by atoms with Gasteiger partial charge in [-0.05, 0) is 50.4 Å². The van der Waals surface area contributed by atoms with Crippen LogP contribution >= 0.6 is 23.6 Å². The van der Waals surface area contributed by atoms with Crippen molar-refractivity contribution in [3.05, 3.63) is 22.3 Å². The van der Waals surface area contributed by atoms with Crippen LogP contribution in [-0.4, -0.2) is 44.5 Å². The highest BCUT2D eigenvalue weighted by molar-refractivity contribution is 7.71. The number of morpholine rings is 1. The van der Waals surface area contributed by atoms with Gasteiger partial charge < -0.3 is 4.74 Å². The fraction of sp³-hybridized carbons (Fsp3) is 0.625. The molecule has 2 aromatic rings. The van der Waals surface area contributed by atoms with Gasteiger partial charge in [0.2, 0.25) is 0 Å². The second-order valence-corrected chi connectivity index (χ2v) is 7.93. The minimum absolute atomic E-state index is 0.259. The molecule has 2 aromatic heterocycles. The van der Waals surface area contributed by atoms with Crippen molar-refractivity contribution in [2.75, 3.05) is 13.1 Å². The van der Waals surface area contributed by atoms with Gasteiger partial charge in [-0.3, -0.25) is 9.47 Å². The summed E-state index contributed by atoms with van der Waals surface area (Å²) in [6, 6.07) is 4.74. The fourth-order valence-electron chi connectivity index (χ4n) is 3.34. The summed E-state index contributed by atoms with van der Waals surface area (Å²) in [6.07, 6.45) is 2.94. The van der Waals surface area contributed by atoms with Crippen LogP contribution < -0.4 is 0 Å². The molecule has 124 valence electrons. The molecule has 1 saturated carbocycles. The molecule has 0 N–H and O–H groups in total. The molecule has 0 bridgehead atoms. The Morgan fingerprint density at radius 2 is 2.04 bits per heavy atom. The number of ether oxygens (including phenoxy) is 1. The van der Waals surface area contributed by atoms with Crippen LogP contribution in [0.3, 0.4) is 0 Å². The molecule has 5 nitrogen and oxygen atoms in total. The van der Waals surface area contributed by atoms with Crippen LogP contribution in [0.15, 0.2) is 17.5 Å². The zero-order valence-corrected chi connectivity index (χ0v) is 15.1. The second kappa shape index (κ2) is 6.12. The zero-order chi connectivity index (χ0) is 16.0. The topological polar surface area (TPSA) is 35.2 Å². The first kappa shape index (κ1) is 15.5. The van der Waals surface area contributed by atoms with Crippen LogP contribution in [0.5, 0.6) is 0 Å². The van der Waals surface area contributed by atoms with E-state index in [2.05, 4.69) is 40.8 Å². The highest BCUT2D eigenvalue weighted by Gasteiger charge is 2.30. The molecule has 2 fully saturated rings. The number of hydrogen-bond donors (Lipinski definition) is 0. The first-order chi connectivity index (χ1) is 11.1. The molecule has 1 saturated heterocycles. The predicted molar refractivity (Wildman–Crippen MR) is 94.2 cm³/mol. The molecule has 0 spiro atoms. The summed E-state index contributed by atoms with van der Waals surface area (Å²) >= 11 is 7.47. The Balaban J connectivity index is 1.64. The van der Waals surface area contributed by atoms with Crippen molar-refractivity contribution >= 4 is 23.6 Å². The Hall–Kier alpha value is -1.02. The minimum Gasteiger partial charge on any atom is -0.373 e. The number of thiophene rings is 1. The lowest BCUT2D eigenvalue weighted by atomic mass is 10.2. The first-order valence-electron chi connectivity index (χ1n) is 8.23. The summed E-state index contributed by atoms with van der Waals surface area (Å²) < 4.78 is 10.9. The number of nitrogens with zero attached hydrogens (tertiary/aromatic N) is 4. The summed E-state index contributed by atoms with van der Waals surface area (Å²) in [6.45, 7) is 6.85. The van der Waals surface area contributed by atoms with Crippen molar-refractivity contribution in [2.45, 2.75) is 51.6 Å². The quantitative estimate of drug-likeness (QED) is 0.790. The third-order valence-corrected chi connectivity index (χ3v) is 5.63. The maximum Gasteiger partial charge on any atom is 0.199 e. The summed E-state index contributed by atoms with van der Waals surface area (Å²) in [4.78, 5) is 3.59. The monoisotopic (exact) mass is 350 g/mol. The van der Waals surface area contributed by atoms with Gasteiger partial charge in [0.05, 0.1) is 23.8 Å². The van der Waals surface area contributed by atoms with Crippen LogP contribution in [-0.2, 0) is 11.4 Å². The standard InChI is InChI=1S/C16H22N4OS2/c1-11-8-18(9-12(2)21-11)10-19-16(22)20(13-5-6-13)15(17-19)14-4-3-7-23-14/h3-4,7,11-13H,5-6,8-10H2,1-2H3/t11-,12+. The fourth-order valence-corrected chi connectivity index (χ4v) is 4.38. The average Bonchev–Trinajstić information content (AvgIpc) is 3.07. The van der Waals surface area contributed by atoms with Gasteiger partial charge >= 0.3 is 0 Å². The van der Waals surface area contributed by atoms with Crippen molar-refractivity contribution in [3.8, 4) is 10.7 Å². The first-order valence-corrected chi connectivity index (χ1v) is 9.51. The Bertz CT molecular complexity index is 722. The van der Waals surface area contributed by atoms with E-state index in [4.69, 9.17) is 22.1 Å². The lowest BCUT2D eigenvalue weighted by Gasteiger charge is -2.34. The lowest BCUT2D eigenvalue weighted by Crippen LogP contribution is -2.46. The maximum absolute atomic E-state index is 5.82. The van der Waals surface area contributed by atoms with Gasteiger partial charge in [0.25, 0.3) is 0 Å². The van der Waals surface area contributed by atoms with Crippen molar-refractivity contribution in [2.24, 2.45) is 0 Å². The molecule has 23 heavy (non-hydrogen) atoms. The molecular weight excluding hydrogens is 328 g/mol. The van der Waals surface area contributed by atoms with E-state index < -0.39 is 0 Å². The molecular formula is C16H22N4OS2. The highest BCUT2D eigenvalue weighted by atomic mass is 32.1. The van der Waals surface area contributed by atoms with E-state index in [1.165, 1.54) is 17.7 Å². The maximum atomic E-state index is 5.82.